The first-order valence-corrected chi connectivity index (χ1v) is 24.4. The van der Waals surface area contributed by atoms with E-state index in [2.05, 4.69) is 151 Å². The normalized spacial score (nSPS) is 11.7. The van der Waals surface area contributed by atoms with E-state index in [1.807, 2.05) is 97.1 Å². The van der Waals surface area contributed by atoms with E-state index in [0.29, 0.717) is 5.56 Å². The number of imidazole rings is 1. The van der Waals surface area contributed by atoms with Crippen LogP contribution in [-0.2, 0) is 20.1 Å². The third-order valence-corrected chi connectivity index (χ3v) is 12.7. The van der Waals surface area contributed by atoms with E-state index >= 15 is 0 Å². The summed E-state index contributed by atoms with van der Waals surface area (Å²) < 4.78 is 30.8. The number of hydrogen-bond donors (Lipinski definition) is 0. The molecule has 7 heteroatoms. The van der Waals surface area contributed by atoms with Crippen LogP contribution in [0.1, 0.15) is 65.9 Å². The molecule has 0 unspecified atom stereocenters. The predicted octanol–water partition coefficient (Wildman–Crippen LogP) is 17.2. The molecule has 0 aliphatic heterocycles. The second-order valence-corrected chi connectivity index (χ2v) is 18.2. The van der Waals surface area contributed by atoms with Gasteiger partial charge in [-0.1, -0.05) is 130 Å². The molecule has 12 rings (SSSR count). The first-order valence-electron chi connectivity index (χ1n) is 25.9. The van der Waals surface area contributed by atoms with Crippen LogP contribution in [0.5, 0.6) is 0 Å². The van der Waals surface area contributed by atoms with Gasteiger partial charge < -0.3 is 19.0 Å². The van der Waals surface area contributed by atoms with Gasteiger partial charge >= 0.3 is 20.1 Å². The van der Waals surface area contributed by atoms with Gasteiger partial charge in [0.05, 0.1) is 34.1 Å². The zero-order valence-corrected chi connectivity index (χ0v) is 43.7. The number of benzene rings is 8. The maximum Gasteiger partial charge on any atom is 3.00 e. The van der Waals surface area contributed by atoms with Crippen molar-refractivity contribution in [2.45, 2.75) is 46.4 Å². The summed E-state index contributed by atoms with van der Waals surface area (Å²) in [5.74, 6) is 1.33. The monoisotopic (exact) mass is 1140 g/mol. The van der Waals surface area contributed by atoms with Gasteiger partial charge in [-0.2, -0.15) is 5.26 Å². The summed E-state index contributed by atoms with van der Waals surface area (Å²) in [5, 5.41) is 11.5. The van der Waals surface area contributed by atoms with Crippen LogP contribution in [0.25, 0.3) is 94.8 Å². The zero-order chi connectivity index (χ0) is 52.8. The van der Waals surface area contributed by atoms with Crippen molar-refractivity contribution in [1.82, 2.24) is 19.5 Å². The van der Waals surface area contributed by atoms with Gasteiger partial charge in [-0.05, 0) is 118 Å². The maximum absolute atomic E-state index is 9.45. The van der Waals surface area contributed by atoms with E-state index < -0.39 is 6.85 Å². The molecule has 0 spiro atoms. The summed E-state index contributed by atoms with van der Waals surface area (Å²) in [4.78, 5) is 13.6. The number of rotatable bonds is 8. The average Bonchev–Trinajstić information content (AvgIpc) is 4.08. The number of aromatic nitrogens is 4. The quantitative estimate of drug-likeness (QED) is 0.142. The minimum atomic E-state index is -2.09. The Labute approximate surface area is 451 Å². The molecule has 0 bridgehead atoms. The summed E-state index contributed by atoms with van der Waals surface area (Å²) in [5.41, 5.74) is 16.9. The van der Waals surface area contributed by atoms with Gasteiger partial charge in [0.15, 0.2) is 0 Å². The number of nitriles is 1. The third-order valence-electron chi connectivity index (χ3n) is 12.7. The molecule has 0 amide bonds. The van der Waals surface area contributed by atoms with Crippen molar-refractivity contribution in [3.63, 3.8) is 0 Å². The molecule has 360 valence electrons. The third kappa shape index (κ3) is 10.8. The van der Waals surface area contributed by atoms with Crippen LogP contribution in [0.4, 0.5) is 0 Å². The van der Waals surface area contributed by atoms with Crippen molar-refractivity contribution in [3.8, 4) is 67.9 Å². The number of aryl methyl sites for hydroxylation is 1. The minimum absolute atomic E-state index is 0. The molecule has 0 N–H and O–H groups in total. The van der Waals surface area contributed by atoms with E-state index in [9.17, 15) is 5.26 Å². The van der Waals surface area contributed by atoms with E-state index in [-0.39, 0.29) is 37.5 Å². The van der Waals surface area contributed by atoms with E-state index in [1.54, 1.807) is 24.4 Å². The molecular formula is C67H52IrN5O. The molecule has 0 aliphatic carbocycles. The zero-order valence-electron chi connectivity index (χ0n) is 44.3. The molecule has 0 fully saturated rings. The summed E-state index contributed by atoms with van der Waals surface area (Å²) in [6, 6.07) is 78.1. The molecule has 0 saturated heterocycles. The molecule has 12 aromatic rings. The van der Waals surface area contributed by atoms with Gasteiger partial charge in [-0.25, -0.2) is 0 Å². The maximum atomic E-state index is 9.45. The van der Waals surface area contributed by atoms with Gasteiger partial charge in [0.2, 0.25) is 0 Å². The molecule has 0 radical (unpaired) electrons. The van der Waals surface area contributed by atoms with Crippen LogP contribution in [0.2, 0.25) is 0 Å². The summed E-state index contributed by atoms with van der Waals surface area (Å²) in [6.07, 6.45) is 3.18. The summed E-state index contributed by atoms with van der Waals surface area (Å²) in [7, 11) is 0. The van der Waals surface area contributed by atoms with Crippen LogP contribution in [0.15, 0.2) is 217 Å². The predicted molar refractivity (Wildman–Crippen MR) is 298 cm³/mol. The van der Waals surface area contributed by atoms with Gasteiger partial charge in [0.25, 0.3) is 0 Å². The molecule has 0 aliphatic rings. The second kappa shape index (κ2) is 22.9. The van der Waals surface area contributed by atoms with Crippen LogP contribution in [0, 0.1) is 36.4 Å². The summed E-state index contributed by atoms with van der Waals surface area (Å²) >= 11 is 0. The molecule has 6 nitrogen and oxygen atoms in total. The van der Waals surface area contributed by atoms with Gasteiger partial charge in [0.1, 0.15) is 5.58 Å². The van der Waals surface area contributed by atoms with Crippen molar-refractivity contribution in [3.05, 3.63) is 253 Å². The Balaban J connectivity index is 0.000000202. The number of fused-ring (bicyclic) bond motifs is 4. The van der Waals surface area contributed by atoms with E-state index in [0.717, 1.165) is 78.0 Å². The molecular weight excluding hydrogens is 1080 g/mol. The largest absolute Gasteiger partial charge is 3.00 e. The SMILES string of the molecule is CC(C)c1cc(-c2ccccc2)cc(C(C)C)c1-n1c(-c2[c-]ccc3c2oc2cc(-c4cccc(C#N)c4)ccc23)nc2ccccc21.[2H]C([2H])([2H])c1ccc(-c2[c-]cccc2)nc1.[Ir+3].[c-]1ccccc1-c1ccccn1. The average molecular weight is 1140 g/mol. The van der Waals surface area contributed by atoms with Crippen molar-refractivity contribution in [1.29, 1.82) is 5.26 Å². The van der Waals surface area contributed by atoms with Crippen molar-refractivity contribution in [2.75, 3.05) is 0 Å². The van der Waals surface area contributed by atoms with Crippen molar-refractivity contribution in [2.24, 2.45) is 0 Å². The number of furan rings is 1. The van der Waals surface area contributed by atoms with Crippen molar-refractivity contribution >= 4 is 33.0 Å². The molecule has 8 aromatic carbocycles. The Hall–Kier alpha value is -8.53. The molecule has 0 saturated carbocycles. The topological polar surface area (TPSA) is 80.5 Å². The number of hydrogen-bond acceptors (Lipinski definition) is 5. The van der Waals surface area contributed by atoms with Gasteiger partial charge in [-0.15, -0.1) is 90.0 Å². The minimum Gasteiger partial charge on any atom is -0.501 e. The van der Waals surface area contributed by atoms with Crippen molar-refractivity contribution < 1.29 is 28.6 Å². The van der Waals surface area contributed by atoms with Crippen LogP contribution < -0.4 is 0 Å². The molecule has 4 aromatic heterocycles. The Kier molecular flexibility index (Phi) is 14.4. The Morgan fingerprint density at radius 1 is 0.581 bits per heavy atom. The Bertz CT molecular complexity index is 3920. The van der Waals surface area contributed by atoms with Crippen LogP contribution in [0.3, 0.4) is 0 Å². The van der Waals surface area contributed by atoms with E-state index in [1.165, 1.54) is 34.1 Å². The molecule has 4 heterocycles. The molecule has 74 heavy (non-hydrogen) atoms. The van der Waals surface area contributed by atoms with Crippen LogP contribution in [-0.4, -0.2) is 19.5 Å². The van der Waals surface area contributed by atoms with E-state index in [4.69, 9.17) is 13.5 Å². The fourth-order valence-corrected chi connectivity index (χ4v) is 9.07. The number of para-hydroxylation sites is 2. The number of nitrogens with zero attached hydrogens (tertiary/aromatic N) is 5. The Morgan fingerprint density at radius 2 is 1.26 bits per heavy atom. The van der Waals surface area contributed by atoms with Crippen LogP contribution >= 0.6 is 0 Å². The smallest absolute Gasteiger partial charge is 0.501 e. The number of pyridine rings is 2. The second-order valence-electron chi connectivity index (χ2n) is 18.2. The van der Waals surface area contributed by atoms with Gasteiger partial charge in [-0.3, -0.25) is 4.98 Å². The van der Waals surface area contributed by atoms with Gasteiger partial charge in [0, 0.05) is 27.6 Å². The fourth-order valence-electron chi connectivity index (χ4n) is 9.07. The standard InChI is InChI=1S/C44H34N3O.C12H10N.C11H8N.Ir/c1-27(2)37-23-33(30-13-6-5-7-14-30)24-38(28(3)4)42(37)47-40-19-9-8-18-39(40)46-44(47)36-17-11-16-35-34-21-20-32(25-41(34)48-43(35)36)31-15-10-12-29(22-31)26-45;1-10-7-8-12(13-9-10)11-5-3-2-4-6-11;1-2-6-10(7-3-1)11-8-4-5-9-12-11;/h5-16,18-25,27-28H,1-4H3;2-5,7-9H,1H3;1-6,8-9H;/q3*-1;+3/i;1D3;;. The first-order chi connectivity index (χ1) is 36.9. The molecule has 0 atom stereocenters. The Morgan fingerprint density at radius 3 is 1.91 bits per heavy atom. The summed E-state index contributed by atoms with van der Waals surface area (Å²) in [6.45, 7) is 6.99. The fraction of sp³-hybridized carbons (Fsp3) is 0.104. The first kappa shape index (κ1) is 46.5.